The molecule has 2 aromatic rings. The maximum Gasteiger partial charge on any atom is 0.281 e. The number of hydrogen-bond acceptors (Lipinski definition) is 2. The second kappa shape index (κ2) is 3.58. The number of Topliss-reactive ketones (excluding diaryl/α,β-unsaturated/α-hetero) is 1. The molecule has 0 amide bonds. The van der Waals surface area contributed by atoms with Crippen LogP contribution in [-0.2, 0) is 0 Å². The van der Waals surface area contributed by atoms with Gasteiger partial charge in [0.1, 0.15) is 11.1 Å². The van der Waals surface area contributed by atoms with Crippen LogP contribution in [0.4, 0.5) is 0 Å². The molecule has 17 heavy (non-hydrogen) atoms. The van der Waals surface area contributed by atoms with Crippen LogP contribution >= 0.6 is 0 Å². The topological polar surface area (TPSA) is 45.8 Å². The van der Waals surface area contributed by atoms with Crippen molar-refractivity contribution in [2.75, 3.05) is 0 Å². The molecule has 4 nitrogen and oxygen atoms in total. The Labute approximate surface area is 99.8 Å². The van der Waals surface area contributed by atoms with Crippen molar-refractivity contribution in [3.8, 4) is 0 Å². The van der Waals surface area contributed by atoms with Gasteiger partial charge >= 0.3 is 0 Å². The Bertz CT molecular complexity index is 676. The maximum absolute atomic E-state index is 11.6. The molecule has 0 fully saturated rings. The van der Waals surface area contributed by atoms with Crippen molar-refractivity contribution in [2.45, 2.75) is 34.6 Å². The van der Waals surface area contributed by atoms with Gasteiger partial charge < -0.3 is 5.11 Å². The van der Waals surface area contributed by atoms with E-state index in [0.29, 0.717) is 11.0 Å². The molecule has 0 aliphatic heterocycles. The van der Waals surface area contributed by atoms with Gasteiger partial charge in [-0.05, 0) is 20.8 Å². The van der Waals surface area contributed by atoms with E-state index < -0.39 is 0 Å². The fourth-order valence-electron chi connectivity index (χ4n) is 2.22. The van der Waals surface area contributed by atoms with E-state index in [0.717, 1.165) is 17.0 Å². The van der Waals surface area contributed by atoms with Crippen molar-refractivity contribution >= 4 is 11.5 Å². The van der Waals surface area contributed by atoms with Gasteiger partial charge in [0.15, 0.2) is 0 Å². The van der Waals surface area contributed by atoms with E-state index in [1.807, 2.05) is 29.8 Å². The molecule has 0 spiro atoms. The van der Waals surface area contributed by atoms with Gasteiger partial charge in [0.25, 0.3) is 5.69 Å². The minimum Gasteiger partial charge on any atom is -0.510 e. The summed E-state index contributed by atoms with van der Waals surface area (Å²) >= 11 is 0. The number of aryl methyl sites for hydroxylation is 2. The molecule has 0 aliphatic carbocycles. The lowest BCUT2D eigenvalue weighted by Crippen LogP contribution is -2.37. The summed E-state index contributed by atoms with van der Waals surface area (Å²) in [5, 5.41) is 10.4. The second-order valence-corrected chi connectivity index (χ2v) is 4.48. The summed E-state index contributed by atoms with van der Waals surface area (Å²) in [6.45, 7) is 9.15. The molecule has 2 heterocycles. The normalized spacial score (nSPS) is 13.2. The van der Waals surface area contributed by atoms with Gasteiger partial charge in [-0.15, -0.1) is 4.52 Å². The second-order valence-electron chi connectivity index (χ2n) is 4.48. The smallest absolute Gasteiger partial charge is 0.281 e. The molecule has 0 saturated carbocycles. The summed E-state index contributed by atoms with van der Waals surface area (Å²) in [6.07, 6.45) is 0. The SMILES string of the molecule is CC(=O)c1c/c(=C(\C)O)n2c(C)c(C)c(C)[n+]12. The zero-order valence-corrected chi connectivity index (χ0v) is 10.8. The van der Waals surface area contributed by atoms with Gasteiger partial charge in [-0.1, -0.05) is 4.52 Å². The number of fused-ring (bicyclic) bond motifs is 1. The molecule has 0 atom stereocenters. The van der Waals surface area contributed by atoms with Gasteiger partial charge in [0.05, 0.1) is 5.69 Å². The molecule has 0 radical (unpaired) electrons. The molecule has 0 saturated heterocycles. The number of carbonyl (C=O) groups is 1. The van der Waals surface area contributed by atoms with Gasteiger partial charge in [0.2, 0.25) is 11.5 Å². The van der Waals surface area contributed by atoms with Crippen LogP contribution in [0.5, 0.6) is 0 Å². The maximum atomic E-state index is 11.6. The number of aromatic nitrogens is 2. The summed E-state index contributed by atoms with van der Waals surface area (Å²) < 4.78 is 3.75. The Hall–Kier alpha value is -1.84. The number of aliphatic hydroxyl groups is 1. The fraction of sp³-hybridized carbons (Fsp3) is 0.385. The Kier molecular flexibility index (Phi) is 2.45. The minimum absolute atomic E-state index is 0.00639. The summed E-state index contributed by atoms with van der Waals surface area (Å²) in [5.41, 5.74) is 3.80. The Morgan fingerprint density at radius 1 is 1.29 bits per heavy atom. The molecule has 0 aliphatic rings. The summed E-state index contributed by atoms with van der Waals surface area (Å²) in [4.78, 5) is 11.6. The Morgan fingerprint density at radius 3 is 2.35 bits per heavy atom. The number of rotatable bonds is 1. The lowest BCUT2D eigenvalue weighted by Gasteiger charge is -1.87. The van der Waals surface area contributed by atoms with E-state index in [4.69, 9.17) is 0 Å². The van der Waals surface area contributed by atoms with Crippen molar-refractivity contribution in [3.05, 3.63) is 34.1 Å². The van der Waals surface area contributed by atoms with Crippen LogP contribution in [0, 0.1) is 20.8 Å². The average molecular weight is 233 g/mol. The highest BCUT2D eigenvalue weighted by Gasteiger charge is 2.27. The Morgan fingerprint density at radius 2 is 1.88 bits per heavy atom. The number of nitrogens with zero attached hydrogens (tertiary/aromatic N) is 2. The van der Waals surface area contributed by atoms with Crippen molar-refractivity contribution in [1.82, 2.24) is 4.52 Å². The van der Waals surface area contributed by atoms with Crippen LogP contribution in [0.2, 0.25) is 0 Å². The van der Waals surface area contributed by atoms with E-state index in [-0.39, 0.29) is 11.5 Å². The van der Waals surface area contributed by atoms with Crippen LogP contribution in [-0.4, -0.2) is 15.4 Å². The zero-order valence-electron chi connectivity index (χ0n) is 10.8. The highest BCUT2D eigenvalue weighted by atomic mass is 16.3. The molecule has 1 N–H and O–H groups in total. The van der Waals surface area contributed by atoms with Gasteiger partial charge in [0, 0.05) is 25.5 Å². The van der Waals surface area contributed by atoms with Crippen molar-refractivity contribution < 1.29 is 14.4 Å². The summed E-state index contributed by atoms with van der Waals surface area (Å²) in [5.74, 6) is 0.209. The van der Waals surface area contributed by atoms with E-state index in [1.54, 1.807) is 13.0 Å². The van der Waals surface area contributed by atoms with Crippen molar-refractivity contribution in [2.24, 2.45) is 0 Å². The predicted molar refractivity (Wildman–Crippen MR) is 64.2 cm³/mol. The molecular formula is C13H17N2O2+. The third-order valence-electron chi connectivity index (χ3n) is 3.38. The van der Waals surface area contributed by atoms with E-state index in [1.165, 1.54) is 6.92 Å². The Balaban J connectivity index is 3.14. The van der Waals surface area contributed by atoms with Crippen LogP contribution in [0.15, 0.2) is 6.07 Å². The largest absolute Gasteiger partial charge is 0.510 e. The third-order valence-corrected chi connectivity index (χ3v) is 3.38. The molecule has 0 bridgehead atoms. The van der Waals surface area contributed by atoms with E-state index >= 15 is 0 Å². The first-order chi connectivity index (χ1) is 7.86. The first-order valence-corrected chi connectivity index (χ1v) is 5.60. The van der Waals surface area contributed by atoms with Crippen LogP contribution in [0.3, 0.4) is 0 Å². The van der Waals surface area contributed by atoms with Crippen LogP contribution in [0.1, 0.15) is 41.3 Å². The monoisotopic (exact) mass is 233 g/mol. The highest BCUT2D eigenvalue weighted by molar-refractivity contribution is 5.90. The lowest BCUT2D eigenvalue weighted by molar-refractivity contribution is -0.622. The number of hydrogen-bond donors (Lipinski definition) is 1. The quantitative estimate of drug-likeness (QED) is 0.591. The zero-order chi connectivity index (χ0) is 12.9. The number of carbonyl (C=O) groups excluding carboxylic acids is 1. The molecule has 0 unspecified atom stereocenters. The first kappa shape index (κ1) is 11.6. The van der Waals surface area contributed by atoms with Gasteiger partial charge in [-0.3, -0.25) is 4.79 Å². The van der Waals surface area contributed by atoms with Crippen molar-refractivity contribution in [1.29, 1.82) is 0 Å². The van der Waals surface area contributed by atoms with E-state index in [2.05, 4.69) is 0 Å². The molecule has 90 valence electrons. The first-order valence-electron chi connectivity index (χ1n) is 5.60. The summed E-state index contributed by atoms with van der Waals surface area (Å²) in [7, 11) is 0. The fourth-order valence-corrected chi connectivity index (χ4v) is 2.22. The molecule has 2 rings (SSSR count). The lowest BCUT2D eigenvalue weighted by atomic mass is 10.2. The van der Waals surface area contributed by atoms with Gasteiger partial charge in [-0.25, -0.2) is 0 Å². The van der Waals surface area contributed by atoms with Crippen molar-refractivity contribution in [3.63, 3.8) is 0 Å². The third kappa shape index (κ3) is 1.44. The molecule has 0 aromatic carbocycles. The number of aliphatic hydroxyl groups excluding tert-OH is 1. The number of ketones is 1. The van der Waals surface area contributed by atoms with Gasteiger partial charge in [-0.2, -0.15) is 0 Å². The molecule has 4 heteroatoms. The highest BCUT2D eigenvalue weighted by Crippen LogP contribution is 2.09. The predicted octanol–water partition coefficient (Wildman–Crippen LogP) is 1.06. The standard InChI is InChI=1S/C13H16N2O2/c1-7-8(2)14-12(10(4)16)6-13(11(5)17)15(14)9(7)3/h6H,1-5H3/p+1. The minimum atomic E-state index is -0.00639. The van der Waals surface area contributed by atoms with Crippen LogP contribution < -0.4 is 9.86 Å². The van der Waals surface area contributed by atoms with E-state index in [9.17, 15) is 9.90 Å². The molecule has 2 aromatic heterocycles. The van der Waals surface area contributed by atoms with Crippen LogP contribution in [0.25, 0.3) is 5.76 Å². The molecular weight excluding hydrogens is 216 g/mol. The average Bonchev–Trinajstić information content (AvgIpc) is 2.73. The summed E-state index contributed by atoms with van der Waals surface area (Å²) in [6, 6.07) is 1.73.